The predicted molar refractivity (Wildman–Crippen MR) is 191 cm³/mol. The van der Waals surface area contributed by atoms with Crippen LogP contribution in [0.1, 0.15) is 18.4 Å². The summed E-state index contributed by atoms with van der Waals surface area (Å²) in [6.45, 7) is 0.0507. The van der Waals surface area contributed by atoms with Crippen LogP contribution in [0.5, 0.6) is 0 Å². The summed E-state index contributed by atoms with van der Waals surface area (Å²) < 4.78 is 6.21. The molecule has 6 aromatic carbocycles. The van der Waals surface area contributed by atoms with Gasteiger partial charge in [-0.2, -0.15) is 0 Å². The van der Waals surface area contributed by atoms with E-state index in [-0.39, 0.29) is 6.71 Å². The molecule has 3 heteroatoms. The summed E-state index contributed by atoms with van der Waals surface area (Å²) in [6.07, 6.45) is 9.20. The molecule has 2 nitrogen and oxygen atoms in total. The number of rotatable bonds is 4. The van der Waals surface area contributed by atoms with Crippen molar-refractivity contribution in [2.24, 2.45) is 0 Å². The van der Waals surface area contributed by atoms with Crippen molar-refractivity contribution in [3.05, 3.63) is 163 Å². The summed E-state index contributed by atoms with van der Waals surface area (Å²) in [6, 6.07) is 50.5. The van der Waals surface area contributed by atoms with Gasteiger partial charge in [-0.1, -0.05) is 127 Å². The van der Waals surface area contributed by atoms with E-state index in [9.17, 15) is 0 Å². The van der Waals surface area contributed by atoms with E-state index >= 15 is 0 Å². The summed E-state index contributed by atoms with van der Waals surface area (Å²) in [4.78, 5) is 2.44. The van der Waals surface area contributed by atoms with Crippen molar-refractivity contribution in [1.82, 2.24) is 0 Å². The molecular formula is C42H30BNO. The quantitative estimate of drug-likeness (QED) is 0.195. The van der Waals surface area contributed by atoms with E-state index in [0.29, 0.717) is 0 Å². The lowest BCUT2D eigenvalue weighted by Gasteiger charge is -2.38. The maximum absolute atomic E-state index is 6.21. The minimum Gasteiger partial charge on any atom is -0.456 e. The maximum atomic E-state index is 6.21. The van der Waals surface area contributed by atoms with Crippen molar-refractivity contribution >= 4 is 67.7 Å². The molecule has 0 atom stereocenters. The molecule has 0 saturated heterocycles. The van der Waals surface area contributed by atoms with E-state index in [1.807, 2.05) is 12.1 Å². The van der Waals surface area contributed by atoms with Crippen LogP contribution in [0, 0.1) is 0 Å². The van der Waals surface area contributed by atoms with Crippen LogP contribution < -0.4 is 21.3 Å². The van der Waals surface area contributed by atoms with Gasteiger partial charge in [0.05, 0.1) is 0 Å². The van der Waals surface area contributed by atoms with Crippen LogP contribution in [0.15, 0.2) is 162 Å². The first-order valence-corrected chi connectivity index (χ1v) is 15.8. The number of allylic oxidation sites excluding steroid dienone is 4. The summed E-state index contributed by atoms with van der Waals surface area (Å²) >= 11 is 0. The second-order valence-electron chi connectivity index (χ2n) is 11.9. The van der Waals surface area contributed by atoms with Gasteiger partial charge in [0.25, 0.3) is 0 Å². The number of hydrogen-bond donors (Lipinski definition) is 0. The lowest BCUT2D eigenvalue weighted by molar-refractivity contribution is 0.669. The fraction of sp³-hybridized carbons (Fsp3) is 0.0476. The topological polar surface area (TPSA) is 16.4 Å². The normalized spacial score (nSPS) is 14.0. The Bertz CT molecular complexity index is 2250. The van der Waals surface area contributed by atoms with Crippen LogP contribution in [0.4, 0.5) is 17.1 Å². The molecule has 2 heterocycles. The summed E-state index contributed by atoms with van der Waals surface area (Å²) in [5.74, 6) is 0. The van der Waals surface area contributed by atoms with E-state index in [2.05, 4.69) is 151 Å². The highest BCUT2D eigenvalue weighted by molar-refractivity contribution is 6.99. The molecule has 0 spiro atoms. The van der Waals surface area contributed by atoms with E-state index in [4.69, 9.17) is 4.42 Å². The Morgan fingerprint density at radius 3 is 2.02 bits per heavy atom. The monoisotopic (exact) mass is 575 g/mol. The number of para-hydroxylation sites is 3. The number of hydrogen-bond acceptors (Lipinski definition) is 2. The molecule has 0 fully saturated rings. The third-order valence-electron chi connectivity index (χ3n) is 9.38. The van der Waals surface area contributed by atoms with Crippen LogP contribution in [0.3, 0.4) is 0 Å². The minimum absolute atomic E-state index is 0.0507. The van der Waals surface area contributed by atoms with Gasteiger partial charge in [0, 0.05) is 27.8 Å². The number of anilines is 3. The third-order valence-corrected chi connectivity index (χ3v) is 9.38. The molecular weight excluding hydrogens is 545 g/mol. The molecule has 212 valence electrons. The van der Waals surface area contributed by atoms with Crippen molar-refractivity contribution in [3.8, 4) is 11.1 Å². The highest BCUT2D eigenvalue weighted by Gasteiger charge is 2.37. The maximum Gasteiger partial charge on any atom is 0.248 e. The second-order valence-corrected chi connectivity index (χ2v) is 11.9. The molecule has 0 radical (unpaired) electrons. The minimum atomic E-state index is 0.0507. The molecule has 9 rings (SSSR count). The van der Waals surface area contributed by atoms with E-state index in [1.54, 1.807) is 0 Å². The summed E-state index contributed by atoms with van der Waals surface area (Å²) in [7, 11) is 0. The predicted octanol–water partition coefficient (Wildman–Crippen LogP) is 9.29. The van der Waals surface area contributed by atoms with Gasteiger partial charge >= 0.3 is 0 Å². The van der Waals surface area contributed by atoms with Gasteiger partial charge in [-0.05, 0) is 82.4 Å². The van der Waals surface area contributed by atoms with Crippen LogP contribution >= 0.6 is 0 Å². The molecule has 1 aliphatic heterocycles. The molecule has 0 N–H and O–H groups in total. The molecule has 0 bridgehead atoms. The standard InChI is InChI=1S/C42H30BNO/c1-3-14-29(15-4-1)32-19-13-20-33(30-16-5-2-6-17-30)42(32)43-36-21-8-10-23-38(36)44(39-24-11-9-22-37(39)43)31-26-27-41-35(28-31)34-18-7-12-25-40(34)45-41/h1,3-5,7-28H,2,6H2. The van der Waals surface area contributed by atoms with Crippen molar-refractivity contribution in [3.63, 3.8) is 0 Å². The van der Waals surface area contributed by atoms with Crippen molar-refractivity contribution < 1.29 is 4.42 Å². The lowest BCUT2D eigenvalue weighted by atomic mass is 9.33. The summed E-state index contributed by atoms with van der Waals surface area (Å²) in [5.41, 5.74) is 14.5. The zero-order valence-electron chi connectivity index (χ0n) is 24.9. The Hall–Kier alpha value is -5.54. The number of benzene rings is 6. The highest BCUT2D eigenvalue weighted by atomic mass is 16.3. The zero-order valence-corrected chi connectivity index (χ0v) is 24.9. The average molecular weight is 576 g/mol. The Kier molecular flexibility index (Phi) is 6.09. The molecule has 0 saturated carbocycles. The van der Waals surface area contributed by atoms with Gasteiger partial charge in [0.1, 0.15) is 11.2 Å². The smallest absolute Gasteiger partial charge is 0.248 e. The first-order chi connectivity index (χ1) is 22.3. The molecule has 45 heavy (non-hydrogen) atoms. The van der Waals surface area contributed by atoms with E-state index < -0.39 is 0 Å². The van der Waals surface area contributed by atoms with Gasteiger partial charge in [-0.25, -0.2) is 0 Å². The average Bonchev–Trinajstić information content (AvgIpc) is 3.49. The van der Waals surface area contributed by atoms with Crippen LogP contribution in [0.25, 0.3) is 38.6 Å². The van der Waals surface area contributed by atoms with E-state index in [0.717, 1.165) is 40.5 Å². The molecule has 0 unspecified atom stereocenters. The Balaban J connectivity index is 1.31. The molecule has 1 aliphatic carbocycles. The van der Waals surface area contributed by atoms with Gasteiger partial charge in [0.15, 0.2) is 0 Å². The van der Waals surface area contributed by atoms with Crippen molar-refractivity contribution in [2.45, 2.75) is 12.8 Å². The van der Waals surface area contributed by atoms with Crippen molar-refractivity contribution in [2.75, 3.05) is 4.90 Å². The fourth-order valence-electron chi connectivity index (χ4n) is 7.42. The molecule has 0 amide bonds. The number of nitrogens with zero attached hydrogens (tertiary/aromatic N) is 1. The SMILES string of the molecule is C1=CC(c2cccc(-c3ccccc3)c2B2c3ccccc3N(c3ccc4oc5ccccc5c4c3)c3ccccc32)=CCC1. The second kappa shape index (κ2) is 10.6. The lowest BCUT2D eigenvalue weighted by Crippen LogP contribution is -2.58. The first-order valence-electron chi connectivity index (χ1n) is 15.8. The fourth-order valence-corrected chi connectivity index (χ4v) is 7.42. The summed E-state index contributed by atoms with van der Waals surface area (Å²) in [5, 5.41) is 2.27. The molecule has 7 aromatic rings. The number of fused-ring (bicyclic) bond motifs is 5. The Labute approximate surface area is 263 Å². The van der Waals surface area contributed by atoms with Gasteiger partial charge in [-0.15, -0.1) is 0 Å². The van der Waals surface area contributed by atoms with Gasteiger partial charge < -0.3 is 9.32 Å². The van der Waals surface area contributed by atoms with E-state index in [1.165, 1.54) is 50.0 Å². The van der Waals surface area contributed by atoms with Crippen LogP contribution in [0.2, 0.25) is 0 Å². The highest BCUT2D eigenvalue weighted by Crippen LogP contribution is 2.40. The van der Waals surface area contributed by atoms with Crippen LogP contribution in [-0.4, -0.2) is 6.71 Å². The Morgan fingerprint density at radius 1 is 0.556 bits per heavy atom. The number of furan rings is 1. The largest absolute Gasteiger partial charge is 0.456 e. The van der Waals surface area contributed by atoms with Crippen LogP contribution in [-0.2, 0) is 0 Å². The zero-order chi connectivity index (χ0) is 29.7. The van der Waals surface area contributed by atoms with Gasteiger partial charge in [0.2, 0.25) is 6.71 Å². The van der Waals surface area contributed by atoms with Crippen molar-refractivity contribution in [1.29, 1.82) is 0 Å². The molecule has 1 aromatic heterocycles. The first kappa shape index (κ1) is 25.9. The Morgan fingerprint density at radius 2 is 1.24 bits per heavy atom. The van der Waals surface area contributed by atoms with Gasteiger partial charge in [-0.3, -0.25) is 0 Å². The third kappa shape index (κ3) is 4.19. The molecule has 2 aliphatic rings.